The first-order valence-corrected chi connectivity index (χ1v) is 11.1. The van der Waals surface area contributed by atoms with Gasteiger partial charge in [-0.2, -0.15) is 11.8 Å². The lowest BCUT2D eigenvalue weighted by Gasteiger charge is -2.01. The SMILES string of the molecule is C=C/C=C(\C=C)CCC(=O)Nc1nnc(CCSCCc2nnc(N)s2)s1. The zero-order valence-corrected chi connectivity index (χ0v) is 17.3. The molecule has 10 heteroatoms. The van der Waals surface area contributed by atoms with Gasteiger partial charge < -0.3 is 11.1 Å². The summed E-state index contributed by atoms with van der Waals surface area (Å²) in [6.45, 7) is 7.37. The van der Waals surface area contributed by atoms with E-state index in [4.69, 9.17) is 5.73 Å². The van der Waals surface area contributed by atoms with Crippen molar-refractivity contribution in [2.45, 2.75) is 25.7 Å². The Balaban J connectivity index is 1.65. The molecule has 0 aliphatic carbocycles. The maximum absolute atomic E-state index is 12.0. The summed E-state index contributed by atoms with van der Waals surface area (Å²) in [4.78, 5) is 12.0. The summed E-state index contributed by atoms with van der Waals surface area (Å²) in [5.41, 5.74) is 6.54. The van der Waals surface area contributed by atoms with Crippen molar-refractivity contribution in [3.05, 3.63) is 47.0 Å². The number of amides is 1. The van der Waals surface area contributed by atoms with Crippen LogP contribution >= 0.6 is 34.4 Å². The van der Waals surface area contributed by atoms with Gasteiger partial charge in [-0.25, -0.2) is 0 Å². The smallest absolute Gasteiger partial charge is 0.226 e. The van der Waals surface area contributed by atoms with Gasteiger partial charge in [0.2, 0.25) is 16.2 Å². The van der Waals surface area contributed by atoms with Gasteiger partial charge in [0.15, 0.2) is 0 Å². The number of carbonyl (C=O) groups excluding carboxylic acids is 1. The normalized spacial score (nSPS) is 11.3. The molecule has 1 amide bonds. The molecule has 2 rings (SSSR count). The van der Waals surface area contributed by atoms with Gasteiger partial charge in [-0.15, -0.1) is 20.4 Å². The summed E-state index contributed by atoms with van der Waals surface area (Å²) in [7, 11) is 0. The molecular formula is C17H22N6OS3. The Morgan fingerprint density at radius 3 is 2.41 bits per heavy atom. The van der Waals surface area contributed by atoms with Crippen LogP contribution in [0.15, 0.2) is 37.0 Å². The minimum atomic E-state index is -0.0831. The number of nitrogens with zero attached hydrogens (tertiary/aromatic N) is 4. The molecule has 144 valence electrons. The van der Waals surface area contributed by atoms with Crippen LogP contribution in [0.25, 0.3) is 0 Å². The van der Waals surface area contributed by atoms with Crippen LogP contribution in [0.2, 0.25) is 0 Å². The molecule has 2 aromatic rings. The van der Waals surface area contributed by atoms with Gasteiger partial charge in [0, 0.05) is 19.3 Å². The Labute approximate surface area is 170 Å². The number of anilines is 2. The van der Waals surface area contributed by atoms with E-state index >= 15 is 0 Å². The van der Waals surface area contributed by atoms with Gasteiger partial charge in [0.05, 0.1) is 0 Å². The first-order chi connectivity index (χ1) is 13.1. The van der Waals surface area contributed by atoms with Crippen molar-refractivity contribution in [3.8, 4) is 0 Å². The maximum atomic E-state index is 12.0. The number of nitrogen functional groups attached to an aromatic ring is 1. The number of hydrogen-bond donors (Lipinski definition) is 2. The van der Waals surface area contributed by atoms with Crippen molar-refractivity contribution >= 4 is 50.6 Å². The molecule has 0 aromatic carbocycles. The van der Waals surface area contributed by atoms with Crippen molar-refractivity contribution < 1.29 is 4.79 Å². The third kappa shape index (κ3) is 8.02. The molecule has 0 unspecified atom stereocenters. The van der Waals surface area contributed by atoms with E-state index in [9.17, 15) is 4.79 Å². The van der Waals surface area contributed by atoms with Gasteiger partial charge in [-0.1, -0.05) is 54.1 Å². The Hall–Kier alpha value is -2.04. The van der Waals surface area contributed by atoms with Crippen LogP contribution in [0.3, 0.4) is 0 Å². The number of nitrogens with one attached hydrogen (secondary N) is 1. The van der Waals surface area contributed by atoms with Crippen molar-refractivity contribution in [1.29, 1.82) is 0 Å². The average molecular weight is 423 g/mol. The molecule has 27 heavy (non-hydrogen) atoms. The predicted molar refractivity (Wildman–Crippen MR) is 115 cm³/mol. The number of rotatable bonds is 12. The highest BCUT2D eigenvalue weighted by molar-refractivity contribution is 7.99. The zero-order valence-electron chi connectivity index (χ0n) is 14.9. The fourth-order valence-corrected chi connectivity index (χ4v) is 4.54. The van der Waals surface area contributed by atoms with Crippen LogP contribution in [0.1, 0.15) is 22.9 Å². The quantitative estimate of drug-likeness (QED) is 0.398. The Morgan fingerprint density at radius 1 is 1.07 bits per heavy atom. The van der Waals surface area contributed by atoms with E-state index in [2.05, 4.69) is 38.9 Å². The standard InChI is InChI=1S/C17H22N6OS3/c1-3-5-12(4-2)6-7-13(24)19-17-23-21-15(27-17)9-11-25-10-8-14-20-22-16(18)26-14/h3-5H,1-2,6-11H2,(H2,18,22)(H,19,23,24)/b12-5+. The second-order valence-corrected chi connectivity index (χ2v) is 8.76. The van der Waals surface area contributed by atoms with E-state index in [-0.39, 0.29) is 5.91 Å². The first-order valence-electron chi connectivity index (χ1n) is 8.32. The molecular weight excluding hydrogens is 400 g/mol. The maximum Gasteiger partial charge on any atom is 0.226 e. The van der Waals surface area contributed by atoms with Crippen LogP contribution in [0.4, 0.5) is 10.3 Å². The minimum Gasteiger partial charge on any atom is -0.374 e. The molecule has 0 spiro atoms. The molecule has 0 saturated heterocycles. The minimum absolute atomic E-state index is 0.0831. The lowest BCUT2D eigenvalue weighted by Crippen LogP contribution is -2.11. The van der Waals surface area contributed by atoms with Gasteiger partial charge >= 0.3 is 0 Å². The van der Waals surface area contributed by atoms with Crippen LogP contribution in [-0.4, -0.2) is 37.8 Å². The first kappa shape index (κ1) is 21.3. The molecule has 7 nitrogen and oxygen atoms in total. The van der Waals surface area contributed by atoms with Crippen molar-refractivity contribution in [2.24, 2.45) is 0 Å². The number of allylic oxidation sites excluding steroid dienone is 4. The molecule has 3 N–H and O–H groups in total. The fraction of sp³-hybridized carbons (Fsp3) is 0.353. The van der Waals surface area contributed by atoms with Crippen LogP contribution in [-0.2, 0) is 17.6 Å². The number of carbonyl (C=O) groups is 1. The Bertz CT molecular complexity index is 798. The highest BCUT2D eigenvalue weighted by Gasteiger charge is 2.09. The van der Waals surface area contributed by atoms with Gasteiger partial charge in [0.1, 0.15) is 10.0 Å². The summed E-state index contributed by atoms with van der Waals surface area (Å²) < 4.78 is 0. The Kier molecular flexibility index (Phi) is 9.16. The van der Waals surface area contributed by atoms with E-state index in [1.807, 2.05) is 17.8 Å². The summed E-state index contributed by atoms with van der Waals surface area (Å²) in [6, 6.07) is 0. The number of aryl methyl sites for hydroxylation is 2. The van der Waals surface area contributed by atoms with Crippen molar-refractivity contribution in [1.82, 2.24) is 20.4 Å². The second kappa shape index (κ2) is 11.6. The molecule has 0 aliphatic heterocycles. The molecule has 0 fully saturated rings. The summed E-state index contributed by atoms with van der Waals surface area (Å²) in [6.07, 6.45) is 7.93. The van der Waals surface area contributed by atoms with Crippen molar-refractivity contribution in [3.63, 3.8) is 0 Å². The molecule has 0 bridgehead atoms. The number of aromatic nitrogens is 4. The topological polar surface area (TPSA) is 107 Å². The van der Waals surface area contributed by atoms with Crippen LogP contribution in [0, 0.1) is 0 Å². The zero-order chi connectivity index (χ0) is 19.5. The van der Waals surface area contributed by atoms with Gasteiger partial charge in [-0.3, -0.25) is 4.79 Å². The fourth-order valence-electron chi connectivity index (χ4n) is 2.04. The summed E-state index contributed by atoms with van der Waals surface area (Å²) in [5, 5.41) is 21.7. The Morgan fingerprint density at radius 2 is 1.78 bits per heavy atom. The summed E-state index contributed by atoms with van der Waals surface area (Å²) >= 11 is 4.66. The van der Waals surface area contributed by atoms with Crippen LogP contribution < -0.4 is 11.1 Å². The molecule has 0 saturated carbocycles. The highest BCUT2D eigenvalue weighted by Crippen LogP contribution is 2.19. The molecule has 0 aliphatic rings. The third-order valence-corrected chi connectivity index (χ3v) is 6.05. The monoisotopic (exact) mass is 422 g/mol. The highest BCUT2D eigenvalue weighted by atomic mass is 32.2. The van der Waals surface area contributed by atoms with E-state index in [1.54, 1.807) is 12.2 Å². The molecule has 0 radical (unpaired) electrons. The molecule has 2 aromatic heterocycles. The average Bonchev–Trinajstić information content (AvgIpc) is 3.27. The number of thioether (sulfide) groups is 1. The molecule has 0 atom stereocenters. The predicted octanol–water partition coefficient (Wildman–Crippen LogP) is 3.51. The van der Waals surface area contributed by atoms with Crippen LogP contribution in [0.5, 0.6) is 0 Å². The lowest BCUT2D eigenvalue weighted by molar-refractivity contribution is -0.116. The number of nitrogens with two attached hydrogens (primary N) is 1. The second-order valence-electron chi connectivity index (χ2n) is 5.38. The third-order valence-electron chi connectivity index (χ3n) is 3.35. The lowest BCUT2D eigenvalue weighted by atomic mass is 10.1. The van der Waals surface area contributed by atoms with Crippen molar-refractivity contribution in [2.75, 3.05) is 22.6 Å². The van der Waals surface area contributed by atoms with Gasteiger partial charge in [-0.05, 0) is 23.5 Å². The van der Waals surface area contributed by atoms with E-state index < -0.39 is 0 Å². The molecule has 2 heterocycles. The largest absolute Gasteiger partial charge is 0.374 e. The van der Waals surface area contributed by atoms with E-state index in [1.165, 1.54) is 22.7 Å². The van der Waals surface area contributed by atoms with E-state index in [0.717, 1.165) is 39.9 Å². The number of hydrogen-bond acceptors (Lipinski definition) is 9. The van der Waals surface area contributed by atoms with E-state index in [0.29, 0.717) is 23.1 Å². The summed E-state index contributed by atoms with van der Waals surface area (Å²) in [5.74, 6) is 1.81. The van der Waals surface area contributed by atoms with Gasteiger partial charge in [0.25, 0.3) is 0 Å².